The highest BCUT2D eigenvalue weighted by Crippen LogP contribution is 2.31. The quantitative estimate of drug-likeness (QED) is 0.458. The molecule has 4 rings (SSSR count). The summed E-state index contributed by atoms with van der Waals surface area (Å²) in [5.74, 6) is -0.418. The molecule has 1 aliphatic heterocycles. The molecule has 2 amide bonds. The maximum Gasteiger partial charge on any atom is 0.242 e. The molecule has 188 valence electrons. The van der Waals surface area contributed by atoms with E-state index in [-0.39, 0.29) is 17.2 Å². The maximum atomic E-state index is 13.4. The molecule has 1 heterocycles. The summed E-state index contributed by atoms with van der Waals surface area (Å²) in [4.78, 5) is 27.3. The van der Waals surface area contributed by atoms with E-state index in [0.29, 0.717) is 25.1 Å². The first-order chi connectivity index (χ1) is 17.3. The second-order valence-corrected chi connectivity index (χ2v) is 10.5. The van der Waals surface area contributed by atoms with Crippen LogP contribution in [0.5, 0.6) is 0 Å². The number of carbonyl (C=O) groups excluding carboxylic acids is 2. The summed E-state index contributed by atoms with van der Waals surface area (Å²) in [5, 5.41) is 2.91. The molecule has 0 unspecified atom stereocenters. The summed E-state index contributed by atoms with van der Waals surface area (Å²) in [6.07, 6.45) is 1.91. The van der Waals surface area contributed by atoms with Gasteiger partial charge in [-0.1, -0.05) is 62.4 Å². The monoisotopic (exact) mass is 505 g/mol. The van der Waals surface area contributed by atoms with Crippen LogP contribution >= 0.6 is 0 Å². The normalized spacial score (nSPS) is 13.8. The number of rotatable bonds is 9. The molecule has 2 N–H and O–H groups in total. The zero-order valence-electron chi connectivity index (χ0n) is 20.5. The van der Waals surface area contributed by atoms with Crippen LogP contribution in [0.3, 0.4) is 0 Å². The number of nitrogens with zero attached hydrogens (tertiary/aromatic N) is 1. The number of carbonyl (C=O) groups is 2. The van der Waals surface area contributed by atoms with Gasteiger partial charge in [-0.25, -0.2) is 8.42 Å². The Hall–Kier alpha value is -3.49. The van der Waals surface area contributed by atoms with Gasteiger partial charge in [-0.2, -0.15) is 4.72 Å². The van der Waals surface area contributed by atoms with Gasteiger partial charge in [-0.15, -0.1) is 0 Å². The first kappa shape index (κ1) is 25.6. The summed E-state index contributed by atoms with van der Waals surface area (Å²) in [5.41, 5.74) is 4.03. The van der Waals surface area contributed by atoms with Crippen LogP contribution in [0.25, 0.3) is 0 Å². The number of amides is 2. The van der Waals surface area contributed by atoms with Crippen molar-refractivity contribution in [2.75, 3.05) is 16.8 Å². The predicted octanol–water partition coefficient (Wildman–Crippen LogP) is 4.08. The molecule has 0 saturated carbocycles. The van der Waals surface area contributed by atoms with Crippen LogP contribution in [0.1, 0.15) is 37.0 Å². The zero-order chi connectivity index (χ0) is 25.7. The summed E-state index contributed by atoms with van der Waals surface area (Å²) < 4.78 is 29.5. The van der Waals surface area contributed by atoms with Crippen molar-refractivity contribution in [2.45, 2.75) is 50.5 Å². The molecule has 0 radical (unpaired) electrons. The summed E-state index contributed by atoms with van der Waals surface area (Å²) in [7, 11) is -4.01. The van der Waals surface area contributed by atoms with Gasteiger partial charge in [0.1, 0.15) is 6.04 Å². The number of anilines is 2. The van der Waals surface area contributed by atoms with Gasteiger partial charge in [0, 0.05) is 24.3 Å². The first-order valence-electron chi connectivity index (χ1n) is 12.2. The molecule has 7 nitrogen and oxygen atoms in total. The largest absolute Gasteiger partial charge is 0.324 e. The minimum absolute atomic E-state index is 0.00874. The van der Waals surface area contributed by atoms with Crippen molar-refractivity contribution < 1.29 is 18.0 Å². The molecule has 8 heteroatoms. The first-order valence-corrected chi connectivity index (χ1v) is 13.7. The van der Waals surface area contributed by atoms with Gasteiger partial charge in [0.25, 0.3) is 0 Å². The van der Waals surface area contributed by atoms with E-state index in [0.717, 1.165) is 28.8 Å². The van der Waals surface area contributed by atoms with Gasteiger partial charge >= 0.3 is 0 Å². The molecular formula is C28H31N3O4S. The third-order valence-corrected chi connectivity index (χ3v) is 7.88. The van der Waals surface area contributed by atoms with Gasteiger partial charge < -0.3 is 10.2 Å². The Morgan fingerprint density at radius 3 is 2.42 bits per heavy atom. The van der Waals surface area contributed by atoms with Crippen molar-refractivity contribution in [1.29, 1.82) is 0 Å². The van der Waals surface area contributed by atoms with E-state index in [2.05, 4.69) is 10.0 Å². The second kappa shape index (κ2) is 11.1. The van der Waals surface area contributed by atoms with E-state index >= 15 is 0 Å². The van der Waals surface area contributed by atoms with Crippen molar-refractivity contribution in [1.82, 2.24) is 4.72 Å². The van der Waals surface area contributed by atoms with Crippen molar-refractivity contribution in [3.05, 3.63) is 89.5 Å². The smallest absolute Gasteiger partial charge is 0.242 e. The summed E-state index contributed by atoms with van der Waals surface area (Å²) in [6.45, 7) is 4.34. The molecule has 0 fully saturated rings. The van der Waals surface area contributed by atoms with Crippen LogP contribution in [-0.4, -0.2) is 32.8 Å². The number of nitrogens with one attached hydrogen (secondary N) is 2. The fraction of sp³-hybridized carbons (Fsp3) is 0.286. The van der Waals surface area contributed by atoms with Gasteiger partial charge in [-0.3, -0.25) is 9.59 Å². The Bertz CT molecular complexity index is 1360. The standard InChI is InChI=1S/C28H31N3O4S/c1-3-21-12-8-9-13-24(21)29-28(33)25(18-20-10-6-5-7-11-20)30-36(34,35)23-14-15-26-22(19-23)16-17-31(26)27(32)4-2/h5-15,19,25,30H,3-4,16-18H2,1-2H3,(H,29,33)/t25-/m1/s1. The average molecular weight is 506 g/mol. The van der Waals surface area contributed by atoms with E-state index in [1.807, 2.05) is 61.5 Å². The lowest BCUT2D eigenvalue weighted by molar-refractivity contribution is -0.118. The highest BCUT2D eigenvalue weighted by molar-refractivity contribution is 7.89. The Labute approximate surface area is 212 Å². The average Bonchev–Trinajstić information content (AvgIpc) is 3.32. The van der Waals surface area contributed by atoms with Crippen molar-refractivity contribution in [3.63, 3.8) is 0 Å². The topological polar surface area (TPSA) is 95.6 Å². The lowest BCUT2D eigenvalue weighted by Gasteiger charge is -2.20. The van der Waals surface area contributed by atoms with Gasteiger partial charge in [-0.05, 0) is 60.2 Å². The Balaban J connectivity index is 1.60. The molecule has 0 aliphatic carbocycles. The highest BCUT2D eigenvalue weighted by atomic mass is 32.2. The number of sulfonamides is 1. The van der Waals surface area contributed by atoms with E-state index in [9.17, 15) is 18.0 Å². The van der Waals surface area contributed by atoms with Crippen molar-refractivity contribution >= 4 is 33.2 Å². The highest BCUT2D eigenvalue weighted by Gasteiger charge is 2.29. The summed E-state index contributed by atoms with van der Waals surface area (Å²) in [6, 6.07) is 20.6. The Kier molecular flexibility index (Phi) is 7.86. The van der Waals surface area contributed by atoms with Crippen LogP contribution in [0.4, 0.5) is 11.4 Å². The number of benzene rings is 3. The van der Waals surface area contributed by atoms with Crippen LogP contribution in [0, 0.1) is 0 Å². The molecule has 3 aromatic rings. The van der Waals surface area contributed by atoms with Crippen LogP contribution in [-0.2, 0) is 38.9 Å². The number of hydrogen-bond acceptors (Lipinski definition) is 4. The molecule has 1 aliphatic rings. The minimum atomic E-state index is -4.01. The van der Waals surface area contributed by atoms with Crippen molar-refractivity contribution in [2.24, 2.45) is 0 Å². The van der Waals surface area contributed by atoms with Crippen LogP contribution in [0.2, 0.25) is 0 Å². The lowest BCUT2D eigenvalue weighted by atomic mass is 10.1. The molecule has 0 bridgehead atoms. The molecular weight excluding hydrogens is 474 g/mol. The van der Waals surface area contributed by atoms with Gasteiger partial charge in [0.2, 0.25) is 21.8 Å². The van der Waals surface area contributed by atoms with E-state index in [4.69, 9.17) is 0 Å². The van der Waals surface area contributed by atoms with Crippen molar-refractivity contribution in [3.8, 4) is 0 Å². The SMILES string of the molecule is CCC(=O)N1CCc2cc(S(=O)(=O)N[C@H](Cc3ccccc3)C(=O)Nc3ccccc3CC)ccc21. The molecule has 36 heavy (non-hydrogen) atoms. The van der Waals surface area contributed by atoms with Crippen LogP contribution in [0.15, 0.2) is 77.7 Å². The molecule has 3 aromatic carbocycles. The number of aryl methyl sites for hydroxylation is 1. The molecule has 0 saturated heterocycles. The lowest BCUT2D eigenvalue weighted by Crippen LogP contribution is -2.45. The number of para-hydroxylation sites is 1. The van der Waals surface area contributed by atoms with Crippen LogP contribution < -0.4 is 14.9 Å². The predicted molar refractivity (Wildman–Crippen MR) is 141 cm³/mol. The van der Waals surface area contributed by atoms with E-state index in [1.54, 1.807) is 24.0 Å². The fourth-order valence-corrected chi connectivity index (χ4v) is 5.70. The molecule has 0 spiro atoms. The molecule has 1 atom stereocenters. The Morgan fingerprint density at radius 1 is 0.972 bits per heavy atom. The summed E-state index contributed by atoms with van der Waals surface area (Å²) >= 11 is 0. The molecule has 0 aromatic heterocycles. The fourth-order valence-electron chi connectivity index (χ4n) is 4.46. The van der Waals surface area contributed by atoms with E-state index < -0.39 is 22.0 Å². The third kappa shape index (κ3) is 5.66. The second-order valence-electron chi connectivity index (χ2n) is 8.80. The Morgan fingerprint density at radius 2 is 1.69 bits per heavy atom. The van der Waals surface area contributed by atoms with Gasteiger partial charge in [0.15, 0.2) is 0 Å². The minimum Gasteiger partial charge on any atom is -0.324 e. The number of hydrogen-bond donors (Lipinski definition) is 2. The maximum absolute atomic E-state index is 13.4. The van der Waals surface area contributed by atoms with E-state index in [1.165, 1.54) is 6.07 Å². The zero-order valence-corrected chi connectivity index (χ0v) is 21.3. The third-order valence-electron chi connectivity index (χ3n) is 6.41. The van der Waals surface area contributed by atoms with Gasteiger partial charge in [0.05, 0.1) is 4.90 Å². The number of fused-ring (bicyclic) bond motifs is 1.